The molecule has 1 aliphatic rings. The van der Waals surface area contributed by atoms with Crippen LogP contribution in [0.25, 0.3) is 0 Å². The molecule has 1 aromatic heterocycles. The predicted molar refractivity (Wildman–Crippen MR) is 98.5 cm³/mol. The SMILES string of the molecule is N#Cc1c(NC(=O)N/N=C/c2ccc([N+](=O)[O-])cc2)sc2c1CCCC2. The normalized spacial score (nSPS) is 13.0. The van der Waals surface area contributed by atoms with Gasteiger partial charge in [-0.25, -0.2) is 10.2 Å². The van der Waals surface area contributed by atoms with Crippen LogP contribution in [-0.4, -0.2) is 17.2 Å². The van der Waals surface area contributed by atoms with Crippen molar-refractivity contribution in [2.45, 2.75) is 25.7 Å². The van der Waals surface area contributed by atoms with E-state index >= 15 is 0 Å². The van der Waals surface area contributed by atoms with Crippen LogP contribution in [0.3, 0.4) is 0 Å². The number of nitriles is 1. The number of anilines is 1. The largest absolute Gasteiger partial charge is 0.340 e. The van der Waals surface area contributed by atoms with E-state index in [0.717, 1.165) is 36.1 Å². The summed E-state index contributed by atoms with van der Waals surface area (Å²) in [7, 11) is 0. The lowest BCUT2D eigenvalue weighted by Crippen LogP contribution is -2.24. The van der Waals surface area contributed by atoms with Crippen LogP contribution in [0.5, 0.6) is 0 Å². The zero-order valence-electron chi connectivity index (χ0n) is 13.7. The molecule has 26 heavy (non-hydrogen) atoms. The number of hydrogen-bond donors (Lipinski definition) is 2. The summed E-state index contributed by atoms with van der Waals surface area (Å²) in [6, 6.07) is 7.41. The number of fused-ring (bicyclic) bond motifs is 1. The Labute approximate surface area is 153 Å². The van der Waals surface area contributed by atoms with Gasteiger partial charge in [-0.05, 0) is 48.9 Å². The number of amides is 2. The zero-order valence-corrected chi connectivity index (χ0v) is 14.5. The molecule has 0 fully saturated rings. The lowest BCUT2D eigenvalue weighted by molar-refractivity contribution is -0.384. The first-order valence-corrected chi connectivity index (χ1v) is 8.79. The molecule has 0 unspecified atom stereocenters. The van der Waals surface area contributed by atoms with E-state index in [4.69, 9.17) is 0 Å². The molecular weight excluding hydrogens is 354 g/mol. The number of nitrogens with zero attached hydrogens (tertiary/aromatic N) is 3. The second-order valence-corrected chi connectivity index (χ2v) is 6.80. The van der Waals surface area contributed by atoms with Gasteiger partial charge in [0.1, 0.15) is 11.1 Å². The number of carbonyl (C=O) groups is 1. The number of hydrogen-bond acceptors (Lipinski definition) is 6. The van der Waals surface area contributed by atoms with Crippen LogP contribution >= 0.6 is 11.3 Å². The molecule has 1 aliphatic carbocycles. The predicted octanol–water partition coefficient (Wildman–Crippen LogP) is 3.56. The Morgan fingerprint density at radius 1 is 1.31 bits per heavy atom. The second kappa shape index (κ2) is 7.76. The molecule has 0 spiro atoms. The third-order valence-corrected chi connectivity index (χ3v) is 5.20. The number of hydrazone groups is 1. The summed E-state index contributed by atoms with van der Waals surface area (Å²) in [6.45, 7) is 0. The number of rotatable bonds is 4. The number of urea groups is 1. The first-order chi connectivity index (χ1) is 12.6. The number of nitro benzene ring substituents is 1. The maximum Gasteiger partial charge on any atom is 0.340 e. The minimum Gasteiger partial charge on any atom is -0.297 e. The Bertz CT molecular complexity index is 912. The third kappa shape index (κ3) is 3.87. The van der Waals surface area contributed by atoms with Crippen molar-refractivity contribution in [3.8, 4) is 6.07 Å². The minimum atomic E-state index is -0.543. The highest BCUT2D eigenvalue weighted by Gasteiger charge is 2.21. The Morgan fingerprint density at radius 2 is 2.04 bits per heavy atom. The summed E-state index contributed by atoms with van der Waals surface area (Å²) >= 11 is 1.44. The second-order valence-electron chi connectivity index (χ2n) is 5.70. The van der Waals surface area contributed by atoms with Gasteiger partial charge in [-0.2, -0.15) is 10.4 Å². The Kier molecular flexibility index (Phi) is 5.24. The van der Waals surface area contributed by atoms with Gasteiger partial charge in [0.2, 0.25) is 0 Å². The van der Waals surface area contributed by atoms with Gasteiger partial charge in [0.15, 0.2) is 0 Å². The number of benzene rings is 1. The van der Waals surface area contributed by atoms with E-state index in [1.807, 2.05) is 0 Å². The van der Waals surface area contributed by atoms with Gasteiger partial charge in [0.05, 0.1) is 16.7 Å². The van der Waals surface area contributed by atoms with Gasteiger partial charge in [-0.3, -0.25) is 15.4 Å². The summed E-state index contributed by atoms with van der Waals surface area (Å²) in [5, 5.41) is 27.0. The van der Waals surface area contributed by atoms with Crippen LogP contribution in [0.4, 0.5) is 15.5 Å². The molecule has 0 atom stereocenters. The number of aryl methyl sites for hydroxylation is 1. The highest BCUT2D eigenvalue weighted by molar-refractivity contribution is 7.16. The van der Waals surface area contributed by atoms with E-state index in [-0.39, 0.29) is 5.69 Å². The Balaban J connectivity index is 1.62. The summed E-state index contributed by atoms with van der Waals surface area (Å²) in [5.74, 6) is 0. The van der Waals surface area contributed by atoms with Crippen molar-refractivity contribution >= 4 is 34.3 Å². The van der Waals surface area contributed by atoms with Crippen molar-refractivity contribution in [2.24, 2.45) is 5.10 Å². The summed E-state index contributed by atoms with van der Waals surface area (Å²) in [6.07, 6.45) is 5.35. The Hall–Kier alpha value is -3.25. The Morgan fingerprint density at radius 3 is 2.73 bits per heavy atom. The highest BCUT2D eigenvalue weighted by atomic mass is 32.1. The van der Waals surface area contributed by atoms with Crippen LogP contribution in [0.2, 0.25) is 0 Å². The molecule has 2 aromatic rings. The van der Waals surface area contributed by atoms with Crippen LogP contribution in [0.15, 0.2) is 29.4 Å². The fraction of sp³-hybridized carbons (Fsp3) is 0.235. The standard InChI is InChI=1S/C17H15N5O3S/c18-9-14-13-3-1-2-4-15(13)26-16(14)20-17(23)21-19-10-11-5-7-12(8-6-11)22(24)25/h5-8,10H,1-4H2,(H2,20,21,23)/b19-10+. The van der Waals surface area contributed by atoms with Gasteiger partial charge in [0, 0.05) is 17.0 Å². The maximum atomic E-state index is 12.0. The summed E-state index contributed by atoms with van der Waals surface area (Å²) < 4.78 is 0. The maximum absolute atomic E-state index is 12.0. The molecule has 2 N–H and O–H groups in total. The van der Waals surface area contributed by atoms with Gasteiger partial charge in [-0.15, -0.1) is 11.3 Å². The van der Waals surface area contributed by atoms with Gasteiger partial charge < -0.3 is 0 Å². The molecule has 0 radical (unpaired) electrons. The fourth-order valence-electron chi connectivity index (χ4n) is 2.75. The first kappa shape index (κ1) is 17.6. The molecule has 8 nitrogen and oxygen atoms in total. The van der Waals surface area contributed by atoms with Crippen molar-refractivity contribution in [3.63, 3.8) is 0 Å². The molecular formula is C17H15N5O3S. The molecule has 1 aromatic carbocycles. The lowest BCUT2D eigenvalue weighted by atomic mass is 9.96. The van der Waals surface area contributed by atoms with E-state index < -0.39 is 11.0 Å². The first-order valence-electron chi connectivity index (χ1n) is 7.97. The highest BCUT2D eigenvalue weighted by Crippen LogP contribution is 2.37. The van der Waals surface area contributed by atoms with E-state index in [9.17, 15) is 20.2 Å². The monoisotopic (exact) mass is 369 g/mol. The average Bonchev–Trinajstić information content (AvgIpc) is 2.99. The van der Waals surface area contributed by atoms with Crippen molar-refractivity contribution < 1.29 is 9.72 Å². The molecule has 1 heterocycles. The molecule has 0 saturated carbocycles. The van der Waals surface area contributed by atoms with Crippen molar-refractivity contribution in [1.29, 1.82) is 5.26 Å². The van der Waals surface area contributed by atoms with E-state index in [1.165, 1.54) is 41.8 Å². The molecule has 9 heteroatoms. The van der Waals surface area contributed by atoms with Crippen LogP contribution in [0.1, 0.15) is 34.4 Å². The quantitative estimate of drug-likeness (QED) is 0.486. The summed E-state index contributed by atoms with van der Waals surface area (Å²) in [5.41, 5.74) is 4.52. The fourth-order valence-corrected chi connectivity index (χ4v) is 3.99. The van der Waals surface area contributed by atoms with Gasteiger partial charge in [-0.1, -0.05) is 0 Å². The number of nitrogens with one attached hydrogen (secondary N) is 2. The minimum absolute atomic E-state index is 0.0152. The lowest BCUT2D eigenvalue weighted by Gasteiger charge is -2.09. The summed E-state index contributed by atoms with van der Waals surface area (Å²) in [4.78, 5) is 23.3. The number of non-ortho nitro benzene ring substituents is 1. The average molecular weight is 369 g/mol. The molecule has 132 valence electrons. The smallest absolute Gasteiger partial charge is 0.297 e. The molecule has 3 rings (SSSR count). The molecule has 0 aliphatic heterocycles. The number of carbonyl (C=O) groups excluding carboxylic acids is 1. The van der Waals surface area contributed by atoms with Crippen LogP contribution in [-0.2, 0) is 12.8 Å². The topological polar surface area (TPSA) is 120 Å². The van der Waals surface area contributed by atoms with E-state index in [0.29, 0.717) is 16.1 Å². The number of thiophene rings is 1. The van der Waals surface area contributed by atoms with Crippen LogP contribution in [0, 0.1) is 21.4 Å². The molecule has 0 bridgehead atoms. The van der Waals surface area contributed by atoms with E-state index in [2.05, 4.69) is 21.9 Å². The molecule has 0 saturated heterocycles. The molecule has 2 amide bonds. The van der Waals surface area contributed by atoms with Crippen molar-refractivity contribution in [3.05, 3.63) is 55.9 Å². The zero-order chi connectivity index (χ0) is 18.5. The van der Waals surface area contributed by atoms with Crippen LogP contribution < -0.4 is 10.7 Å². The van der Waals surface area contributed by atoms with Crippen molar-refractivity contribution in [2.75, 3.05) is 5.32 Å². The van der Waals surface area contributed by atoms with Crippen molar-refractivity contribution in [1.82, 2.24) is 5.43 Å². The van der Waals surface area contributed by atoms with E-state index in [1.54, 1.807) is 0 Å². The van der Waals surface area contributed by atoms with Gasteiger partial charge in [0.25, 0.3) is 5.69 Å². The number of nitro groups is 1. The van der Waals surface area contributed by atoms with Gasteiger partial charge >= 0.3 is 6.03 Å². The third-order valence-electron chi connectivity index (χ3n) is 3.99.